The molecule has 0 bridgehead atoms. The minimum atomic E-state index is -0.234. The summed E-state index contributed by atoms with van der Waals surface area (Å²) in [5.74, 6) is 0.996. The Bertz CT molecular complexity index is 258. The summed E-state index contributed by atoms with van der Waals surface area (Å²) in [5.41, 5.74) is 0. The van der Waals surface area contributed by atoms with E-state index >= 15 is 0 Å². The minimum Gasteiger partial charge on any atom is -0.393 e. The van der Waals surface area contributed by atoms with Crippen molar-refractivity contribution in [3.8, 4) is 0 Å². The fourth-order valence-corrected chi connectivity index (χ4v) is 1.57. The van der Waals surface area contributed by atoms with Gasteiger partial charge in [0.05, 0.1) is 6.10 Å². The number of hydrogen-bond acceptors (Lipinski definition) is 2. The molecule has 0 spiro atoms. The molecule has 0 aromatic carbocycles. The minimum absolute atomic E-state index is 0.234. The summed E-state index contributed by atoms with van der Waals surface area (Å²) in [4.78, 5) is 4.24. The largest absolute Gasteiger partial charge is 0.393 e. The molecule has 80 valence electrons. The number of hydrogen-bond donors (Lipinski definition) is 1. The third-order valence-electron chi connectivity index (χ3n) is 2.45. The molecule has 3 nitrogen and oxygen atoms in total. The molecule has 0 saturated heterocycles. The number of nitrogens with zero attached hydrogens (tertiary/aromatic N) is 2. The summed E-state index contributed by atoms with van der Waals surface area (Å²) < 4.78 is 2.08. The molecule has 1 aromatic rings. The highest BCUT2D eigenvalue weighted by atomic mass is 16.3. The molecule has 0 amide bonds. The molecule has 0 aliphatic heterocycles. The molecule has 1 aromatic heterocycles. The monoisotopic (exact) mass is 196 g/mol. The van der Waals surface area contributed by atoms with Gasteiger partial charge in [-0.05, 0) is 13.3 Å². The second-order valence-electron chi connectivity index (χ2n) is 3.63. The second kappa shape index (κ2) is 5.81. The maximum absolute atomic E-state index is 9.72. The van der Waals surface area contributed by atoms with Crippen LogP contribution < -0.4 is 0 Å². The molecule has 0 aliphatic rings. The molecule has 1 heterocycles. The van der Waals surface area contributed by atoms with E-state index in [1.807, 2.05) is 6.20 Å². The Morgan fingerprint density at radius 1 is 1.50 bits per heavy atom. The Balaban J connectivity index is 2.42. The van der Waals surface area contributed by atoms with Crippen molar-refractivity contribution in [2.24, 2.45) is 0 Å². The molecular weight excluding hydrogens is 176 g/mol. The van der Waals surface area contributed by atoms with Gasteiger partial charge in [0.2, 0.25) is 0 Å². The molecular formula is C11H20N2O. The number of imidazole rings is 1. The zero-order valence-electron chi connectivity index (χ0n) is 9.11. The lowest BCUT2D eigenvalue weighted by molar-refractivity contribution is 0.158. The van der Waals surface area contributed by atoms with Crippen LogP contribution in [0.1, 0.15) is 38.9 Å². The Morgan fingerprint density at radius 2 is 2.29 bits per heavy atom. The van der Waals surface area contributed by atoms with E-state index in [2.05, 4.69) is 23.4 Å². The number of aromatic nitrogens is 2. The Kier molecular flexibility index (Phi) is 4.66. The maximum atomic E-state index is 9.72. The van der Waals surface area contributed by atoms with Crippen molar-refractivity contribution in [2.45, 2.75) is 52.2 Å². The van der Waals surface area contributed by atoms with Crippen molar-refractivity contribution in [1.29, 1.82) is 0 Å². The van der Waals surface area contributed by atoms with E-state index in [-0.39, 0.29) is 6.10 Å². The van der Waals surface area contributed by atoms with E-state index in [9.17, 15) is 5.11 Å². The van der Waals surface area contributed by atoms with Gasteiger partial charge >= 0.3 is 0 Å². The summed E-state index contributed by atoms with van der Waals surface area (Å²) in [5, 5.41) is 9.72. The van der Waals surface area contributed by atoms with E-state index in [1.54, 1.807) is 6.20 Å². The summed E-state index contributed by atoms with van der Waals surface area (Å²) in [6.07, 6.45) is 7.32. The summed E-state index contributed by atoms with van der Waals surface area (Å²) in [6, 6.07) is 0. The Hall–Kier alpha value is -0.830. The van der Waals surface area contributed by atoms with Crippen LogP contribution in [0.3, 0.4) is 0 Å². The predicted octanol–water partition coefficient (Wildman–Crippen LogP) is 2.00. The first-order valence-corrected chi connectivity index (χ1v) is 5.46. The van der Waals surface area contributed by atoms with Crippen LogP contribution in [-0.2, 0) is 13.0 Å². The zero-order chi connectivity index (χ0) is 10.4. The maximum Gasteiger partial charge on any atom is 0.111 e. The van der Waals surface area contributed by atoms with Crippen LogP contribution in [0, 0.1) is 0 Å². The zero-order valence-corrected chi connectivity index (χ0v) is 9.11. The fourth-order valence-electron chi connectivity index (χ4n) is 1.57. The lowest BCUT2D eigenvalue weighted by Gasteiger charge is -2.10. The number of rotatable bonds is 6. The SMILES string of the molecule is CCCCC(O)Cc1nccn1CC. The molecule has 0 aliphatic carbocycles. The molecule has 1 atom stereocenters. The second-order valence-corrected chi connectivity index (χ2v) is 3.63. The first-order valence-electron chi connectivity index (χ1n) is 5.46. The van der Waals surface area contributed by atoms with E-state index in [4.69, 9.17) is 0 Å². The third-order valence-corrected chi connectivity index (χ3v) is 2.45. The average Bonchev–Trinajstić information content (AvgIpc) is 2.62. The van der Waals surface area contributed by atoms with Gasteiger partial charge in [-0.1, -0.05) is 19.8 Å². The van der Waals surface area contributed by atoms with Gasteiger partial charge in [-0.3, -0.25) is 0 Å². The van der Waals surface area contributed by atoms with E-state index < -0.39 is 0 Å². The van der Waals surface area contributed by atoms with Crippen molar-refractivity contribution in [3.63, 3.8) is 0 Å². The van der Waals surface area contributed by atoms with Crippen molar-refractivity contribution in [3.05, 3.63) is 18.2 Å². The van der Waals surface area contributed by atoms with Gasteiger partial charge in [0.1, 0.15) is 5.82 Å². The highest BCUT2D eigenvalue weighted by Gasteiger charge is 2.08. The van der Waals surface area contributed by atoms with Crippen LogP contribution in [0.25, 0.3) is 0 Å². The number of unbranched alkanes of at least 4 members (excludes halogenated alkanes) is 1. The summed E-state index contributed by atoms with van der Waals surface area (Å²) in [7, 11) is 0. The van der Waals surface area contributed by atoms with Crippen molar-refractivity contribution < 1.29 is 5.11 Å². The van der Waals surface area contributed by atoms with Crippen LogP contribution in [0.5, 0.6) is 0 Å². The van der Waals surface area contributed by atoms with Crippen LogP contribution in [0.15, 0.2) is 12.4 Å². The van der Waals surface area contributed by atoms with Crippen molar-refractivity contribution in [2.75, 3.05) is 0 Å². The van der Waals surface area contributed by atoms with E-state index in [0.29, 0.717) is 6.42 Å². The van der Waals surface area contributed by atoms with E-state index in [0.717, 1.165) is 31.6 Å². The molecule has 1 unspecified atom stereocenters. The molecule has 0 saturated carbocycles. The average molecular weight is 196 g/mol. The summed E-state index contributed by atoms with van der Waals surface area (Å²) >= 11 is 0. The number of aliphatic hydroxyl groups is 1. The van der Waals surface area contributed by atoms with Gasteiger partial charge in [0.25, 0.3) is 0 Å². The van der Waals surface area contributed by atoms with E-state index in [1.165, 1.54) is 0 Å². The van der Waals surface area contributed by atoms with Gasteiger partial charge in [-0.25, -0.2) is 4.98 Å². The highest BCUT2D eigenvalue weighted by molar-refractivity contribution is 4.93. The number of aliphatic hydroxyl groups excluding tert-OH is 1. The van der Waals surface area contributed by atoms with Crippen LogP contribution in [0.2, 0.25) is 0 Å². The van der Waals surface area contributed by atoms with Gasteiger partial charge in [-0.15, -0.1) is 0 Å². The van der Waals surface area contributed by atoms with Gasteiger partial charge in [-0.2, -0.15) is 0 Å². The third kappa shape index (κ3) is 3.14. The molecule has 1 rings (SSSR count). The lowest BCUT2D eigenvalue weighted by atomic mass is 10.1. The van der Waals surface area contributed by atoms with Gasteiger partial charge in [0, 0.05) is 25.4 Å². The smallest absolute Gasteiger partial charge is 0.111 e. The number of aryl methyl sites for hydroxylation is 1. The first-order chi connectivity index (χ1) is 6.77. The van der Waals surface area contributed by atoms with Gasteiger partial charge in [0.15, 0.2) is 0 Å². The normalized spacial score (nSPS) is 13.1. The predicted molar refractivity (Wildman–Crippen MR) is 57.1 cm³/mol. The van der Waals surface area contributed by atoms with Gasteiger partial charge < -0.3 is 9.67 Å². The quantitative estimate of drug-likeness (QED) is 0.755. The highest BCUT2D eigenvalue weighted by Crippen LogP contribution is 2.07. The molecule has 0 fully saturated rings. The summed E-state index contributed by atoms with van der Waals surface area (Å²) in [6.45, 7) is 5.15. The van der Waals surface area contributed by atoms with Crippen molar-refractivity contribution >= 4 is 0 Å². The Labute approximate surface area is 85.8 Å². The standard InChI is InChI=1S/C11H20N2O/c1-3-5-6-10(14)9-11-12-7-8-13(11)4-2/h7-8,10,14H,3-6,9H2,1-2H3. The van der Waals surface area contributed by atoms with Crippen molar-refractivity contribution in [1.82, 2.24) is 9.55 Å². The van der Waals surface area contributed by atoms with Crippen LogP contribution in [-0.4, -0.2) is 20.8 Å². The fraction of sp³-hybridized carbons (Fsp3) is 0.727. The van der Waals surface area contributed by atoms with Crippen LogP contribution in [0.4, 0.5) is 0 Å². The Morgan fingerprint density at radius 3 is 2.93 bits per heavy atom. The first kappa shape index (κ1) is 11.2. The van der Waals surface area contributed by atoms with Crippen LogP contribution >= 0.6 is 0 Å². The lowest BCUT2D eigenvalue weighted by Crippen LogP contribution is -2.14. The molecule has 14 heavy (non-hydrogen) atoms. The molecule has 1 N–H and O–H groups in total. The molecule has 3 heteroatoms. The molecule has 0 radical (unpaired) electrons. The topological polar surface area (TPSA) is 38.1 Å².